The lowest BCUT2D eigenvalue weighted by atomic mass is 10.2. The molecule has 0 aliphatic carbocycles. The van der Waals surface area contributed by atoms with E-state index in [1.807, 2.05) is 31.2 Å². The molecule has 0 saturated carbocycles. The number of carbonyl (C=O) groups is 1. The number of ether oxygens (including phenoxy) is 1. The highest BCUT2D eigenvalue weighted by molar-refractivity contribution is 7.15. The molecular weight excluding hydrogens is 360 g/mol. The summed E-state index contributed by atoms with van der Waals surface area (Å²) in [5.41, 5.74) is 0.849. The Labute approximate surface area is 152 Å². The number of hydrogen-bond acceptors (Lipinski definition) is 5. The highest BCUT2D eigenvalue weighted by atomic mass is 32.1. The monoisotopic (exact) mass is 375 g/mol. The molecule has 0 fully saturated rings. The molecule has 0 radical (unpaired) electrons. The second-order valence-electron chi connectivity index (χ2n) is 5.49. The zero-order valence-corrected chi connectivity index (χ0v) is 14.6. The van der Waals surface area contributed by atoms with Gasteiger partial charge in [0.2, 0.25) is 5.13 Å². The van der Waals surface area contributed by atoms with E-state index in [-0.39, 0.29) is 10.7 Å². The first-order valence-electron chi connectivity index (χ1n) is 7.79. The molecule has 1 aromatic heterocycles. The van der Waals surface area contributed by atoms with Gasteiger partial charge in [-0.2, -0.15) is 0 Å². The van der Waals surface area contributed by atoms with Crippen molar-refractivity contribution < 1.29 is 18.3 Å². The van der Waals surface area contributed by atoms with Crippen LogP contribution in [0.2, 0.25) is 0 Å². The summed E-state index contributed by atoms with van der Waals surface area (Å²) in [6, 6.07) is 10.5. The van der Waals surface area contributed by atoms with E-state index in [4.69, 9.17) is 4.74 Å². The molecule has 0 spiro atoms. The molecule has 1 N–H and O–H groups in total. The molecule has 2 aromatic carbocycles. The van der Waals surface area contributed by atoms with Crippen molar-refractivity contribution in [1.82, 2.24) is 10.2 Å². The maximum absolute atomic E-state index is 13.6. The Bertz CT molecular complexity index is 930. The van der Waals surface area contributed by atoms with Crippen molar-refractivity contribution in [1.29, 1.82) is 0 Å². The highest BCUT2D eigenvalue weighted by Crippen LogP contribution is 2.19. The first kappa shape index (κ1) is 17.9. The third-order valence-electron chi connectivity index (χ3n) is 3.44. The van der Waals surface area contributed by atoms with Gasteiger partial charge in [0.15, 0.2) is 0 Å². The predicted molar refractivity (Wildman–Crippen MR) is 94.6 cm³/mol. The molecule has 0 atom stereocenters. The fourth-order valence-corrected chi connectivity index (χ4v) is 2.92. The van der Waals surface area contributed by atoms with Gasteiger partial charge in [-0.25, -0.2) is 8.78 Å². The summed E-state index contributed by atoms with van der Waals surface area (Å²) >= 11 is 1.17. The number of halogens is 2. The van der Waals surface area contributed by atoms with Gasteiger partial charge in [0, 0.05) is 12.5 Å². The topological polar surface area (TPSA) is 64.1 Å². The minimum absolute atomic E-state index is 0.240. The van der Waals surface area contributed by atoms with Crippen LogP contribution in [0.5, 0.6) is 5.75 Å². The number of nitrogens with one attached hydrogen (secondary N) is 1. The van der Waals surface area contributed by atoms with Crippen LogP contribution in [0.25, 0.3) is 0 Å². The number of anilines is 1. The molecule has 0 aliphatic rings. The first-order chi connectivity index (χ1) is 12.5. The van der Waals surface area contributed by atoms with Crippen LogP contribution in [-0.2, 0) is 6.42 Å². The van der Waals surface area contributed by atoms with Gasteiger partial charge in [0.05, 0.1) is 12.2 Å². The van der Waals surface area contributed by atoms with E-state index in [0.717, 1.165) is 23.4 Å². The molecule has 0 saturated heterocycles. The van der Waals surface area contributed by atoms with Crippen LogP contribution in [0, 0.1) is 18.6 Å². The number of amides is 1. The van der Waals surface area contributed by atoms with Crippen molar-refractivity contribution in [3.63, 3.8) is 0 Å². The van der Waals surface area contributed by atoms with E-state index < -0.39 is 17.5 Å². The number of aromatic nitrogens is 2. The average Bonchev–Trinajstić information content (AvgIpc) is 3.02. The fraction of sp³-hybridized carbons (Fsp3) is 0.167. The average molecular weight is 375 g/mol. The fourth-order valence-electron chi connectivity index (χ4n) is 2.20. The smallest absolute Gasteiger partial charge is 0.260 e. The SMILES string of the molecule is Cc1cccc(OCCc2nnc(NC(=O)c3ccc(F)cc3F)s2)c1. The molecular formula is C18H15F2N3O2S. The normalized spacial score (nSPS) is 10.6. The lowest BCUT2D eigenvalue weighted by molar-refractivity contribution is 0.102. The Kier molecular flexibility index (Phi) is 5.52. The predicted octanol–water partition coefficient (Wildman–Crippen LogP) is 4.00. The Balaban J connectivity index is 1.55. The number of nitrogens with zero attached hydrogens (tertiary/aromatic N) is 2. The summed E-state index contributed by atoms with van der Waals surface area (Å²) in [6.07, 6.45) is 0.520. The molecule has 3 aromatic rings. The van der Waals surface area contributed by atoms with E-state index in [0.29, 0.717) is 24.1 Å². The van der Waals surface area contributed by atoms with Gasteiger partial charge in [-0.15, -0.1) is 10.2 Å². The molecule has 8 heteroatoms. The van der Waals surface area contributed by atoms with E-state index in [9.17, 15) is 13.6 Å². The summed E-state index contributed by atoms with van der Waals surface area (Å²) in [7, 11) is 0. The molecule has 0 bridgehead atoms. The summed E-state index contributed by atoms with van der Waals surface area (Å²) in [5.74, 6) is -1.61. The zero-order chi connectivity index (χ0) is 18.5. The van der Waals surface area contributed by atoms with E-state index in [1.54, 1.807) is 0 Å². The summed E-state index contributed by atoms with van der Waals surface area (Å²) < 4.78 is 32.2. The zero-order valence-electron chi connectivity index (χ0n) is 13.8. The van der Waals surface area contributed by atoms with Crippen LogP contribution in [0.4, 0.5) is 13.9 Å². The van der Waals surface area contributed by atoms with Gasteiger partial charge in [0.1, 0.15) is 22.4 Å². The van der Waals surface area contributed by atoms with E-state index >= 15 is 0 Å². The van der Waals surface area contributed by atoms with Crippen molar-refractivity contribution >= 4 is 22.4 Å². The van der Waals surface area contributed by atoms with Crippen LogP contribution in [0.3, 0.4) is 0 Å². The van der Waals surface area contributed by atoms with Crippen molar-refractivity contribution in [2.75, 3.05) is 11.9 Å². The van der Waals surface area contributed by atoms with Gasteiger partial charge in [-0.3, -0.25) is 10.1 Å². The van der Waals surface area contributed by atoms with Crippen molar-refractivity contribution in [3.8, 4) is 5.75 Å². The van der Waals surface area contributed by atoms with Gasteiger partial charge in [-0.05, 0) is 36.8 Å². The van der Waals surface area contributed by atoms with E-state index in [1.165, 1.54) is 11.3 Å². The summed E-state index contributed by atoms with van der Waals surface area (Å²) in [5, 5.41) is 11.2. The Hall–Kier alpha value is -2.87. The summed E-state index contributed by atoms with van der Waals surface area (Å²) in [6.45, 7) is 2.40. The molecule has 26 heavy (non-hydrogen) atoms. The Morgan fingerprint density at radius 1 is 1.19 bits per heavy atom. The quantitative estimate of drug-likeness (QED) is 0.707. The van der Waals surface area contributed by atoms with Crippen LogP contribution in [0.15, 0.2) is 42.5 Å². The maximum Gasteiger partial charge on any atom is 0.260 e. The largest absolute Gasteiger partial charge is 0.493 e. The standard InChI is InChI=1S/C18H15F2N3O2S/c1-11-3-2-4-13(9-11)25-8-7-16-22-23-18(26-16)21-17(24)14-6-5-12(19)10-15(14)20/h2-6,9-10H,7-8H2,1H3,(H,21,23,24). The van der Waals surface area contributed by atoms with Crippen LogP contribution >= 0.6 is 11.3 Å². The van der Waals surface area contributed by atoms with Crippen molar-refractivity contribution in [3.05, 3.63) is 70.2 Å². The van der Waals surface area contributed by atoms with Gasteiger partial charge in [-0.1, -0.05) is 23.5 Å². The Morgan fingerprint density at radius 3 is 2.81 bits per heavy atom. The minimum Gasteiger partial charge on any atom is -0.493 e. The number of hydrogen-bond donors (Lipinski definition) is 1. The second kappa shape index (κ2) is 8.01. The third kappa shape index (κ3) is 4.60. The first-order valence-corrected chi connectivity index (χ1v) is 8.61. The molecule has 5 nitrogen and oxygen atoms in total. The maximum atomic E-state index is 13.6. The molecule has 0 aliphatic heterocycles. The molecule has 3 rings (SSSR count). The Morgan fingerprint density at radius 2 is 2.04 bits per heavy atom. The van der Waals surface area contributed by atoms with Gasteiger partial charge >= 0.3 is 0 Å². The third-order valence-corrected chi connectivity index (χ3v) is 4.34. The molecule has 1 amide bonds. The van der Waals surface area contributed by atoms with Gasteiger partial charge in [0.25, 0.3) is 5.91 Å². The summed E-state index contributed by atoms with van der Waals surface area (Å²) in [4.78, 5) is 12.0. The number of aryl methyl sites for hydroxylation is 1. The minimum atomic E-state index is -0.932. The second-order valence-corrected chi connectivity index (χ2v) is 6.56. The molecule has 1 heterocycles. The number of rotatable bonds is 6. The number of carbonyl (C=O) groups excluding carboxylic acids is 1. The molecule has 0 unspecified atom stereocenters. The van der Waals surface area contributed by atoms with Crippen LogP contribution < -0.4 is 10.1 Å². The lowest BCUT2D eigenvalue weighted by Gasteiger charge is -2.05. The van der Waals surface area contributed by atoms with Crippen LogP contribution in [0.1, 0.15) is 20.9 Å². The van der Waals surface area contributed by atoms with E-state index in [2.05, 4.69) is 15.5 Å². The lowest BCUT2D eigenvalue weighted by Crippen LogP contribution is -2.13. The van der Waals surface area contributed by atoms with Crippen molar-refractivity contribution in [2.45, 2.75) is 13.3 Å². The van der Waals surface area contributed by atoms with Crippen molar-refractivity contribution in [2.24, 2.45) is 0 Å². The molecule has 134 valence electrons. The van der Waals surface area contributed by atoms with Gasteiger partial charge < -0.3 is 4.74 Å². The van der Waals surface area contributed by atoms with Crippen LogP contribution in [-0.4, -0.2) is 22.7 Å². The highest BCUT2D eigenvalue weighted by Gasteiger charge is 2.15. The number of benzene rings is 2.